The highest BCUT2D eigenvalue weighted by Gasteiger charge is 2.34. The first kappa shape index (κ1) is 23.2. The van der Waals surface area contributed by atoms with E-state index in [0.717, 1.165) is 11.3 Å². The van der Waals surface area contributed by atoms with Gasteiger partial charge in [0, 0.05) is 54.8 Å². The molecule has 2 aromatic heterocycles. The zero-order chi connectivity index (χ0) is 23.6. The number of carbonyl (C=O) groups is 1. The number of nitrogens with zero attached hydrogens (tertiary/aromatic N) is 3. The van der Waals surface area contributed by atoms with Crippen molar-refractivity contribution in [1.29, 1.82) is 0 Å². The van der Waals surface area contributed by atoms with Gasteiger partial charge < -0.3 is 19.3 Å². The number of piperidine rings is 1. The van der Waals surface area contributed by atoms with Crippen LogP contribution in [0.3, 0.4) is 0 Å². The van der Waals surface area contributed by atoms with Gasteiger partial charge in [-0.05, 0) is 18.9 Å². The second-order valence-electron chi connectivity index (χ2n) is 7.58. The molecule has 0 bridgehead atoms. The number of hydrogen-bond acceptors (Lipinski definition) is 9. The average molecular weight is 493 g/mol. The molecular weight excluding hydrogens is 468 g/mol. The van der Waals surface area contributed by atoms with Crippen molar-refractivity contribution >= 4 is 33.0 Å². The van der Waals surface area contributed by atoms with Crippen LogP contribution in [0.1, 0.15) is 18.7 Å². The molecule has 3 aromatic rings. The molecule has 0 saturated carbocycles. The molecule has 3 heterocycles. The van der Waals surface area contributed by atoms with Gasteiger partial charge >= 0.3 is 0 Å². The highest BCUT2D eigenvalue weighted by Crippen LogP contribution is 2.32. The van der Waals surface area contributed by atoms with E-state index >= 15 is 0 Å². The van der Waals surface area contributed by atoms with Crippen molar-refractivity contribution in [1.82, 2.24) is 14.4 Å². The zero-order valence-electron chi connectivity index (χ0n) is 18.4. The molecule has 1 atom stereocenters. The minimum atomic E-state index is -3.76. The largest absolute Gasteiger partial charge is 0.497 e. The third-order valence-electron chi connectivity index (χ3n) is 5.33. The number of benzene rings is 1. The molecule has 33 heavy (non-hydrogen) atoms. The summed E-state index contributed by atoms with van der Waals surface area (Å²) < 4.78 is 43.5. The Hall–Kier alpha value is -2.96. The summed E-state index contributed by atoms with van der Waals surface area (Å²) in [4.78, 5) is 17.1. The lowest BCUT2D eigenvalue weighted by Crippen LogP contribution is -2.43. The van der Waals surface area contributed by atoms with Crippen LogP contribution in [0.4, 0.5) is 5.69 Å². The fourth-order valence-corrected chi connectivity index (χ4v) is 6.45. The summed E-state index contributed by atoms with van der Waals surface area (Å²) >= 11 is 1.10. The highest BCUT2D eigenvalue weighted by molar-refractivity contribution is 7.91. The minimum absolute atomic E-state index is 0.101. The SMILES string of the molecule is COc1cc(NC(=O)C2CCCN(S(=O)(=O)c3cc(-c4noc(C)n4)cs3)C2)cc(OC)c1. The molecule has 1 aromatic carbocycles. The number of carbonyl (C=O) groups excluding carboxylic acids is 1. The van der Waals surface area contributed by atoms with Crippen molar-refractivity contribution in [2.24, 2.45) is 5.92 Å². The number of nitrogens with one attached hydrogen (secondary N) is 1. The van der Waals surface area contributed by atoms with Crippen LogP contribution in [0.5, 0.6) is 11.5 Å². The number of thiophene rings is 1. The Morgan fingerprint density at radius 1 is 1.21 bits per heavy atom. The minimum Gasteiger partial charge on any atom is -0.497 e. The van der Waals surface area contributed by atoms with Gasteiger partial charge in [0.2, 0.25) is 17.6 Å². The molecule has 0 spiro atoms. The molecule has 4 rings (SSSR count). The first-order valence-corrected chi connectivity index (χ1v) is 12.6. The van der Waals surface area contributed by atoms with Crippen molar-refractivity contribution in [2.75, 3.05) is 32.6 Å². The van der Waals surface area contributed by atoms with Crippen LogP contribution in [-0.4, -0.2) is 56.1 Å². The lowest BCUT2D eigenvalue weighted by atomic mass is 9.98. The topological polar surface area (TPSA) is 124 Å². The normalized spacial score (nSPS) is 17.0. The summed E-state index contributed by atoms with van der Waals surface area (Å²) in [5.41, 5.74) is 1.10. The van der Waals surface area contributed by atoms with Crippen molar-refractivity contribution < 1.29 is 27.2 Å². The molecule has 0 radical (unpaired) electrons. The lowest BCUT2D eigenvalue weighted by molar-refractivity contribution is -0.120. The van der Waals surface area contributed by atoms with Gasteiger partial charge in [-0.3, -0.25) is 4.79 Å². The average Bonchev–Trinajstić information content (AvgIpc) is 3.48. The standard InChI is InChI=1S/C21H24N4O6S2/c1-13-22-20(24-31-13)15-7-19(32-12-15)33(27,28)25-6-4-5-14(11-25)21(26)23-16-8-17(29-2)10-18(9-16)30-3/h7-10,12,14H,4-6,11H2,1-3H3,(H,23,26). The molecule has 176 valence electrons. The van der Waals surface area contributed by atoms with Gasteiger partial charge in [0.05, 0.1) is 20.1 Å². The Morgan fingerprint density at radius 2 is 1.94 bits per heavy atom. The van der Waals surface area contributed by atoms with Crippen LogP contribution in [0.15, 0.2) is 38.4 Å². The van der Waals surface area contributed by atoms with Crippen LogP contribution < -0.4 is 14.8 Å². The Kier molecular flexibility index (Phi) is 6.68. The van der Waals surface area contributed by atoms with Crippen molar-refractivity contribution in [2.45, 2.75) is 24.0 Å². The number of sulfonamides is 1. The number of aromatic nitrogens is 2. The van der Waals surface area contributed by atoms with Gasteiger partial charge in [0.1, 0.15) is 15.7 Å². The monoisotopic (exact) mass is 492 g/mol. The van der Waals surface area contributed by atoms with E-state index in [-0.39, 0.29) is 16.7 Å². The summed E-state index contributed by atoms with van der Waals surface area (Å²) in [7, 11) is -0.702. The molecule has 1 aliphatic rings. The summed E-state index contributed by atoms with van der Waals surface area (Å²) in [6.07, 6.45) is 1.18. The van der Waals surface area contributed by atoms with E-state index in [1.54, 1.807) is 30.5 Å². The molecule has 1 amide bonds. The van der Waals surface area contributed by atoms with Gasteiger partial charge in [0.15, 0.2) is 0 Å². The van der Waals surface area contributed by atoms with Crippen LogP contribution in [-0.2, 0) is 14.8 Å². The highest BCUT2D eigenvalue weighted by atomic mass is 32.2. The van der Waals surface area contributed by atoms with Crippen molar-refractivity contribution in [3.63, 3.8) is 0 Å². The van der Waals surface area contributed by atoms with Gasteiger partial charge in [-0.15, -0.1) is 11.3 Å². The molecule has 1 N–H and O–H groups in total. The molecule has 1 unspecified atom stereocenters. The maximum atomic E-state index is 13.2. The molecule has 0 aliphatic carbocycles. The van der Waals surface area contributed by atoms with E-state index < -0.39 is 15.9 Å². The molecular formula is C21H24N4O6S2. The molecule has 12 heteroatoms. The van der Waals surface area contributed by atoms with E-state index in [9.17, 15) is 13.2 Å². The predicted molar refractivity (Wildman–Crippen MR) is 122 cm³/mol. The van der Waals surface area contributed by atoms with Gasteiger partial charge in [-0.1, -0.05) is 5.16 Å². The number of ether oxygens (including phenoxy) is 2. The molecule has 10 nitrogen and oxygen atoms in total. The number of rotatable bonds is 7. The molecule has 1 saturated heterocycles. The maximum Gasteiger partial charge on any atom is 0.252 e. The third kappa shape index (κ3) is 5.02. The lowest BCUT2D eigenvalue weighted by Gasteiger charge is -2.30. The van der Waals surface area contributed by atoms with Crippen LogP contribution in [0.25, 0.3) is 11.4 Å². The van der Waals surface area contributed by atoms with Crippen molar-refractivity contribution in [3.05, 3.63) is 35.5 Å². The number of aryl methyl sites for hydroxylation is 1. The summed E-state index contributed by atoms with van der Waals surface area (Å²) in [5.74, 6) is 1.10. The first-order valence-electron chi connectivity index (χ1n) is 10.2. The Morgan fingerprint density at radius 3 is 2.58 bits per heavy atom. The predicted octanol–water partition coefficient (Wildman–Crippen LogP) is 3.16. The first-order chi connectivity index (χ1) is 15.8. The van der Waals surface area contributed by atoms with E-state index in [1.807, 2.05) is 0 Å². The smallest absolute Gasteiger partial charge is 0.252 e. The Labute approximate surface area is 195 Å². The molecule has 1 aliphatic heterocycles. The van der Waals surface area contributed by atoms with Crippen molar-refractivity contribution in [3.8, 4) is 22.9 Å². The quantitative estimate of drug-likeness (QED) is 0.533. The van der Waals surface area contributed by atoms with E-state index in [2.05, 4.69) is 15.5 Å². The van der Waals surface area contributed by atoms with E-state index in [1.165, 1.54) is 24.6 Å². The second kappa shape index (κ2) is 9.49. The summed E-state index contributed by atoms with van der Waals surface area (Å²) in [6, 6.07) is 6.61. The number of hydrogen-bond donors (Lipinski definition) is 1. The third-order valence-corrected chi connectivity index (χ3v) is 8.61. The summed E-state index contributed by atoms with van der Waals surface area (Å²) in [6.45, 7) is 2.12. The van der Waals surface area contributed by atoms with Gasteiger partial charge in [0.25, 0.3) is 10.0 Å². The number of amides is 1. The van der Waals surface area contributed by atoms with E-state index in [4.69, 9.17) is 14.0 Å². The number of methoxy groups -OCH3 is 2. The number of anilines is 1. The van der Waals surface area contributed by atoms with Crippen LogP contribution in [0.2, 0.25) is 0 Å². The van der Waals surface area contributed by atoms with Gasteiger partial charge in [-0.25, -0.2) is 8.42 Å². The summed E-state index contributed by atoms with van der Waals surface area (Å²) in [5, 5.41) is 8.37. The fraction of sp³-hybridized carbons (Fsp3) is 0.381. The molecule has 1 fully saturated rings. The van der Waals surface area contributed by atoms with E-state index in [0.29, 0.717) is 53.9 Å². The zero-order valence-corrected chi connectivity index (χ0v) is 20.0. The maximum absolute atomic E-state index is 13.2. The Balaban J connectivity index is 1.48. The van der Waals surface area contributed by atoms with Crippen LogP contribution >= 0.6 is 11.3 Å². The Bertz CT molecular complexity index is 1230. The fourth-order valence-electron chi connectivity index (χ4n) is 3.61. The van der Waals surface area contributed by atoms with Crippen LogP contribution in [0, 0.1) is 12.8 Å². The second-order valence-corrected chi connectivity index (χ2v) is 10.7. The van der Waals surface area contributed by atoms with Gasteiger partial charge in [-0.2, -0.15) is 9.29 Å².